The minimum Gasteiger partial charge on any atom is -0.497 e. The summed E-state index contributed by atoms with van der Waals surface area (Å²) in [7, 11) is 0.728. The van der Waals surface area contributed by atoms with E-state index in [0.717, 1.165) is 30.2 Å². The molecular weight excluding hydrogens is 246 g/mol. The van der Waals surface area contributed by atoms with Crippen LogP contribution in [-0.2, 0) is 10.8 Å². The van der Waals surface area contributed by atoms with Gasteiger partial charge in [0, 0.05) is 10.6 Å². The second kappa shape index (κ2) is 8.27. The van der Waals surface area contributed by atoms with Crippen LogP contribution in [0.1, 0.15) is 20.3 Å². The number of hydrogen-bond donors (Lipinski definition) is 1. The highest BCUT2D eigenvalue weighted by atomic mass is 32.2. The van der Waals surface area contributed by atoms with Gasteiger partial charge in [-0.15, -0.1) is 0 Å². The average Bonchev–Trinajstić information content (AvgIpc) is 2.38. The Kier molecular flexibility index (Phi) is 6.98. The Bertz CT molecular complexity index is 363. The normalized spacial score (nSPS) is 12.7. The minimum absolute atomic E-state index is 0.664. The number of benzene rings is 1. The topological polar surface area (TPSA) is 38.3 Å². The lowest BCUT2D eigenvalue weighted by Crippen LogP contribution is -2.21. The van der Waals surface area contributed by atoms with Gasteiger partial charge < -0.3 is 10.1 Å². The van der Waals surface area contributed by atoms with Crippen molar-refractivity contribution in [3.8, 4) is 5.75 Å². The van der Waals surface area contributed by atoms with Crippen LogP contribution in [0.25, 0.3) is 0 Å². The van der Waals surface area contributed by atoms with Crippen molar-refractivity contribution >= 4 is 10.8 Å². The van der Waals surface area contributed by atoms with Crippen LogP contribution in [0, 0.1) is 5.92 Å². The number of rotatable bonds is 8. The maximum absolute atomic E-state index is 12.0. The summed E-state index contributed by atoms with van der Waals surface area (Å²) in [6.45, 7) is 6.32. The fraction of sp³-hybridized carbons (Fsp3) is 0.571. The predicted molar refractivity (Wildman–Crippen MR) is 76.6 cm³/mol. The Morgan fingerprint density at radius 2 is 1.94 bits per heavy atom. The molecule has 1 aromatic rings. The zero-order valence-electron chi connectivity index (χ0n) is 11.4. The van der Waals surface area contributed by atoms with E-state index >= 15 is 0 Å². The summed E-state index contributed by atoms with van der Waals surface area (Å²) in [4.78, 5) is 0.875. The minimum atomic E-state index is -0.903. The van der Waals surface area contributed by atoms with Gasteiger partial charge in [-0.05, 0) is 49.7 Å². The molecule has 0 saturated carbocycles. The molecule has 18 heavy (non-hydrogen) atoms. The molecular formula is C14H23NO2S. The third-order valence-corrected chi connectivity index (χ3v) is 4.02. The lowest BCUT2D eigenvalue weighted by Gasteiger charge is -2.07. The molecule has 0 bridgehead atoms. The van der Waals surface area contributed by atoms with Crippen molar-refractivity contribution < 1.29 is 8.95 Å². The van der Waals surface area contributed by atoms with E-state index in [4.69, 9.17) is 4.74 Å². The fourth-order valence-corrected chi connectivity index (χ4v) is 2.65. The molecule has 1 aromatic carbocycles. The van der Waals surface area contributed by atoms with E-state index in [1.807, 2.05) is 24.3 Å². The highest BCUT2D eigenvalue weighted by molar-refractivity contribution is 7.85. The molecule has 0 heterocycles. The van der Waals surface area contributed by atoms with Crippen LogP contribution in [0.5, 0.6) is 5.75 Å². The first-order valence-corrected chi connectivity index (χ1v) is 7.68. The lowest BCUT2D eigenvalue weighted by molar-refractivity contribution is 0.414. The summed E-state index contributed by atoms with van der Waals surface area (Å²) in [6, 6.07) is 7.45. The first-order chi connectivity index (χ1) is 8.63. The number of ether oxygens (including phenoxy) is 1. The molecule has 0 aliphatic carbocycles. The van der Waals surface area contributed by atoms with Crippen molar-refractivity contribution in [1.29, 1.82) is 0 Å². The van der Waals surface area contributed by atoms with E-state index < -0.39 is 10.8 Å². The quantitative estimate of drug-likeness (QED) is 0.737. The standard InChI is InChI=1S/C14H23NO2S/c1-12(2)11-15-9-4-10-18(16)14-7-5-13(17-3)6-8-14/h5-8,12,15H,4,9-11H2,1-3H3. The molecule has 102 valence electrons. The zero-order valence-corrected chi connectivity index (χ0v) is 12.3. The predicted octanol–water partition coefficient (Wildman–Crippen LogP) is 2.44. The van der Waals surface area contributed by atoms with Crippen LogP contribution in [0.15, 0.2) is 29.2 Å². The summed E-state index contributed by atoms with van der Waals surface area (Å²) in [5.74, 6) is 2.17. The van der Waals surface area contributed by atoms with E-state index in [0.29, 0.717) is 11.7 Å². The van der Waals surface area contributed by atoms with Crippen molar-refractivity contribution in [2.24, 2.45) is 5.92 Å². The molecule has 0 fully saturated rings. The van der Waals surface area contributed by atoms with Crippen molar-refractivity contribution in [3.63, 3.8) is 0 Å². The lowest BCUT2D eigenvalue weighted by atomic mass is 10.2. The van der Waals surface area contributed by atoms with E-state index in [2.05, 4.69) is 19.2 Å². The first-order valence-electron chi connectivity index (χ1n) is 6.36. The SMILES string of the molecule is COc1ccc(S(=O)CCCNCC(C)C)cc1. The molecule has 0 radical (unpaired) electrons. The molecule has 0 aromatic heterocycles. The third kappa shape index (κ3) is 5.65. The zero-order chi connectivity index (χ0) is 13.4. The monoisotopic (exact) mass is 269 g/mol. The van der Waals surface area contributed by atoms with Gasteiger partial charge in [0.1, 0.15) is 5.75 Å². The molecule has 0 aliphatic rings. The summed E-state index contributed by atoms with van der Waals surface area (Å²) in [5.41, 5.74) is 0. The van der Waals surface area contributed by atoms with Crippen LogP contribution in [-0.4, -0.2) is 30.2 Å². The van der Waals surface area contributed by atoms with Crippen LogP contribution >= 0.6 is 0 Å². The van der Waals surface area contributed by atoms with Gasteiger partial charge in [-0.2, -0.15) is 0 Å². The van der Waals surface area contributed by atoms with Crippen LogP contribution < -0.4 is 10.1 Å². The van der Waals surface area contributed by atoms with Crippen molar-refractivity contribution in [2.45, 2.75) is 25.2 Å². The highest BCUT2D eigenvalue weighted by Gasteiger charge is 2.03. The Morgan fingerprint density at radius 3 is 2.50 bits per heavy atom. The largest absolute Gasteiger partial charge is 0.497 e. The summed E-state index contributed by atoms with van der Waals surface area (Å²) in [5, 5.41) is 3.36. The van der Waals surface area contributed by atoms with Gasteiger partial charge in [-0.25, -0.2) is 0 Å². The average molecular weight is 269 g/mol. The molecule has 1 N–H and O–H groups in total. The highest BCUT2D eigenvalue weighted by Crippen LogP contribution is 2.14. The second-order valence-corrected chi connectivity index (χ2v) is 6.25. The number of hydrogen-bond acceptors (Lipinski definition) is 3. The molecule has 4 heteroatoms. The summed E-state index contributed by atoms with van der Waals surface area (Å²) >= 11 is 0. The van der Waals surface area contributed by atoms with Crippen LogP contribution in [0.4, 0.5) is 0 Å². The van der Waals surface area contributed by atoms with Gasteiger partial charge in [0.2, 0.25) is 0 Å². The smallest absolute Gasteiger partial charge is 0.118 e. The second-order valence-electron chi connectivity index (χ2n) is 4.68. The molecule has 0 aliphatic heterocycles. The maximum Gasteiger partial charge on any atom is 0.118 e. The van der Waals surface area contributed by atoms with Crippen LogP contribution in [0.3, 0.4) is 0 Å². The van der Waals surface area contributed by atoms with E-state index in [1.165, 1.54) is 0 Å². The molecule has 0 spiro atoms. The van der Waals surface area contributed by atoms with Gasteiger partial charge in [0.05, 0.1) is 17.9 Å². The summed E-state index contributed by atoms with van der Waals surface area (Å²) < 4.78 is 17.1. The maximum atomic E-state index is 12.0. The molecule has 1 rings (SSSR count). The third-order valence-electron chi connectivity index (χ3n) is 2.56. The van der Waals surface area contributed by atoms with Crippen LogP contribution in [0.2, 0.25) is 0 Å². The van der Waals surface area contributed by atoms with Crippen molar-refractivity contribution in [2.75, 3.05) is 26.0 Å². The Hall–Kier alpha value is -0.870. The molecule has 1 unspecified atom stereocenters. The molecule has 0 amide bonds. The van der Waals surface area contributed by atoms with Crippen molar-refractivity contribution in [3.05, 3.63) is 24.3 Å². The summed E-state index contributed by atoms with van der Waals surface area (Å²) in [6.07, 6.45) is 0.936. The number of methoxy groups -OCH3 is 1. The van der Waals surface area contributed by atoms with Gasteiger partial charge >= 0.3 is 0 Å². The van der Waals surface area contributed by atoms with Crippen molar-refractivity contribution in [1.82, 2.24) is 5.32 Å². The Morgan fingerprint density at radius 1 is 1.28 bits per heavy atom. The first kappa shape index (κ1) is 15.2. The van der Waals surface area contributed by atoms with E-state index in [-0.39, 0.29) is 0 Å². The van der Waals surface area contributed by atoms with Gasteiger partial charge in [0.25, 0.3) is 0 Å². The Balaban J connectivity index is 2.27. The van der Waals surface area contributed by atoms with Gasteiger partial charge in [-0.1, -0.05) is 13.8 Å². The Labute approximate surface area is 112 Å². The van der Waals surface area contributed by atoms with Gasteiger partial charge in [0.15, 0.2) is 0 Å². The van der Waals surface area contributed by atoms with E-state index in [1.54, 1.807) is 7.11 Å². The van der Waals surface area contributed by atoms with Gasteiger partial charge in [-0.3, -0.25) is 4.21 Å². The molecule has 1 atom stereocenters. The van der Waals surface area contributed by atoms with E-state index in [9.17, 15) is 4.21 Å². The molecule has 0 saturated heterocycles. The number of nitrogens with one attached hydrogen (secondary N) is 1. The fourth-order valence-electron chi connectivity index (χ4n) is 1.56. The molecule has 3 nitrogen and oxygen atoms in total.